The highest BCUT2D eigenvalue weighted by Gasteiger charge is 2.40. The van der Waals surface area contributed by atoms with Gasteiger partial charge in [-0.25, -0.2) is 0 Å². The first kappa shape index (κ1) is 14.6. The summed E-state index contributed by atoms with van der Waals surface area (Å²) in [4.78, 5) is 5.72. The van der Waals surface area contributed by atoms with Crippen LogP contribution in [-0.2, 0) is 12.0 Å². The van der Waals surface area contributed by atoms with Crippen LogP contribution in [0.3, 0.4) is 0 Å². The number of nitrogens with zero attached hydrogens (tertiary/aromatic N) is 1. The van der Waals surface area contributed by atoms with Crippen LogP contribution in [0, 0.1) is 0 Å². The van der Waals surface area contributed by atoms with Crippen molar-refractivity contribution in [2.24, 2.45) is 0 Å². The Morgan fingerprint density at radius 1 is 1.00 bits per heavy atom. The van der Waals surface area contributed by atoms with Gasteiger partial charge >= 0.3 is 0 Å². The van der Waals surface area contributed by atoms with Crippen molar-refractivity contribution in [2.75, 3.05) is 19.7 Å². The Kier molecular flexibility index (Phi) is 4.79. The number of hydrogen-bond acceptors (Lipinski definition) is 3. The molecule has 2 fully saturated rings. The van der Waals surface area contributed by atoms with Crippen LogP contribution in [0.5, 0.6) is 0 Å². The van der Waals surface area contributed by atoms with E-state index in [2.05, 4.69) is 17.0 Å². The molecular weight excluding hydrogens is 266 g/mol. The van der Waals surface area contributed by atoms with Crippen molar-refractivity contribution < 1.29 is 5.11 Å². The minimum absolute atomic E-state index is 0.274. The van der Waals surface area contributed by atoms with Gasteiger partial charge in [0.2, 0.25) is 0 Å². The van der Waals surface area contributed by atoms with E-state index >= 15 is 0 Å². The summed E-state index contributed by atoms with van der Waals surface area (Å²) < 4.78 is 0. The Hall–Kier alpha value is -0.380. The van der Waals surface area contributed by atoms with E-state index in [1.807, 2.05) is 11.3 Å². The number of rotatable bonds is 4. The van der Waals surface area contributed by atoms with E-state index in [0.29, 0.717) is 5.54 Å². The zero-order chi connectivity index (χ0) is 13.8. The van der Waals surface area contributed by atoms with E-state index in [1.54, 1.807) is 4.88 Å². The lowest BCUT2D eigenvalue weighted by Crippen LogP contribution is -2.49. The summed E-state index contributed by atoms with van der Waals surface area (Å²) in [7, 11) is 0. The molecule has 3 rings (SSSR count). The highest BCUT2D eigenvalue weighted by atomic mass is 32.1. The number of piperidine rings is 1. The summed E-state index contributed by atoms with van der Waals surface area (Å²) in [5.41, 5.74) is 0.330. The molecule has 1 aromatic rings. The van der Waals surface area contributed by atoms with Crippen molar-refractivity contribution in [1.82, 2.24) is 4.90 Å². The second kappa shape index (κ2) is 6.59. The molecule has 1 aromatic heterocycles. The quantitative estimate of drug-likeness (QED) is 0.909. The first-order valence-electron chi connectivity index (χ1n) is 8.30. The zero-order valence-corrected chi connectivity index (χ0v) is 13.3. The van der Waals surface area contributed by atoms with Crippen molar-refractivity contribution in [2.45, 2.75) is 63.3 Å². The highest BCUT2D eigenvalue weighted by Crippen LogP contribution is 2.46. The normalized spacial score (nSPS) is 23.9. The van der Waals surface area contributed by atoms with Crippen molar-refractivity contribution in [3.63, 3.8) is 0 Å². The SMILES string of the molecule is OCCc1ccc(C2(N3CCCCC3)CCCCC2)s1. The molecule has 0 unspecified atom stereocenters. The fourth-order valence-corrected chi connectivity index (χ4v) is 5.32. The third-order valence-electron chi connectivity index (χ3n) is 5.12. The Labute approximate surface area is 126 Å². The molecule has 2 heterocycles. The second-order valence-corrected chi connectivity index (χ2v) is 7.55. The Balaban J connectivity index is 1.87. The highest BCUT2D eigenvalue weighted by molar-refractivity contribution is 7.12. The lowest BCUT2D eigenvalue weighted by molar-refractivity contribution is 0.0332. The fourth-order valence-electron chi connectivity index (χ4n) is 4.05. The van der Waals surface area contributed by atoms with Crippen LogP contribution in [0.15, 0.2) is 12.1 Å². The van der Waals surface area contributed by atoms with Crippen LogP contribution in [0.2, 0.25) is 0 Å². The summed E-state index contributed by atoms with van der Waals surface area (Å²) >= 11 is 1.95. The van der Waals surface area contributed by atoms with Gasteiger partial charge in [0.25, 0.3) is 0 Å². The average Bonchev–Trinajstić information content (AvgIpc) is 2.98. The molecule has 112 valence electrons. The number of aliphatic hydroxyl groups excluding tert-OH is 1. The van der Waals surface area contributed by atoms with Gasteiger partial charge in [0.1, 0.15) is 0 Å². The Morgan fingerprint density at radius 3 is 2.40 bits per heavy atom. The smallest absolute Gasteiger partial charge is 0.0553 e. The molecule has 0 spiro atoms. The Bertz CT molecular complexity index is 416. The molecule has 0 radical (unpaired) electrons. The largest absolute Gasteiger partial charge is 0.396 e. The maximum absolute atomic E-state index is 9.15. The number of likely N-dealkylation sites (tertiary alicyclic amines) is 1. The van der Waals surface area contributed by atoms with Crippen LogP contribution in [0.25, 0.3) is 0 Å². The van der Waals surface area contributed by atoms with Crippen LogP contribution in [0.1, 0.15) is 61.1 Å². The molecule has 1 saturated carbocycles. The van der Waals surface area contributed by atoms with Gasteiger partial charge in [0.05, 0.1) is 5.54 Å². The molecule has 3 heteroatoms. The molecule has 0 amide bonds. The van der Waals surface area contributed by atoms with Crippen LogP contribution in [0.4, 0.5) is 0 Å². The molecular formula is C17H27NOS. The molecule has 20 heavy (non-hydrogen) atoms. The topological polar surface area (TPSA) is 23.5 Å². The van der Waals surface area contributed by atoms with Gasteiger partial charge < -0.3 is 5.11 Å². The summed E-state index contributed by atoms with van der Waals surface area (Å²) in [6.07, 6.45) is 11.8. The van der Waals surface area contributed by atoms with E-state index in [4.69, 9.17) is 5.11 Å². The minimum Gasteiger partial charge on any atom is -0.396 e. The number of thiophene rings is 1. The molecule has 2 nitrogen and oxygen atoms in total. The van der Waals surface area contributed by atoms with Crippen LogP contribution < -0.4 is 0 Å². The van der Waals surface area contributed by atoms with Gasteiger partial charge in [0.15, 0.2) is 0 Å². The van der Waals surface area contributed by atoms with Gasteiger partial charge in [-0.15, -0.1) is 11.3 Å². The lowest BCUT2D eigenvalue weighted by Gasteiger charge is -2.48. The summed E-state index contributed by atoms with van der Waals surface area (Å²) in [5, 5.41) is 9.15. The minimum atomic E-state index is 0.274. The molecule has 1 N–H and O–H groups in total. The molecule has 1 aliphatic carbocycles. The predicted molar refractivity (Wildman–Crippen MR) is 85.3 cm³/mol. The fraction of sp³-hybridized carbons (Fsp3) is 0.765. The van der Waals surface area contributed by atoms with Crippen LogP contribution in [-0.4, -0.2) is 29.7 Å². The standard InChI is InChI=1S/C17H27NOS/c19-14-9-15-7-8-16(20-15)17(10-3-1-4-11-17)18-12-5-2-6-13-18/h7-8,19H,1-6,9-14H2. The average molecular weight is 293 g/mol. The van der Waals surface area contributed by atoms with Crippen molar-refractivity contribution in [3.8, 4) is 0 Å². The lowest BCUT2D eigenvalue weighted by atomic mass is 9.78. The van der Waals surface area contributed by atoms with E-state index in [-0.39, 0.29) is 6.61 Å². The van der Waals surface area contributed by atoms with Gasteiger partial charge in [-0.05, 0) is 50.9 Å². The number of aliphatic hydroxyl groups is 1. The van der Waals surface area contributed by atoms with Crippen molar-refractivity contribution >= 4 is 11.3 Å². The molecule has 0 atom stereocenters. The monoisotopic (exact) mass is 293 g/mol. The van der Waals surface area contributed by atoms with Gasteiger partial charge in [-0.1, -0.05) is 25.7 Å². The molecule has 1 aliphatic heterocycles. The summed E-state index contributed by atoms with van der Waals surface area (Å²) in [5.74, 6) is 0. The Morgan fingerprint density at radius 2 is 1.70 bits per heavy atom. The van der Waals surface area contributed by atoms with E-state index < -0.39 is 0 Å². The predicted octanol–water partition coefficient (Wildman–Crippen LogP) is 3.93. The molecule has 0 bridgehead atoms. The van der Waals surface area contributed by atoms with Crippen LogP contribution >= 0.6 is 11.3 Å². The maximum atomic E-state index is 9.15. The molecule has 0 aromatic carbocycles. The molecule has 1 saturated heterocycles. The summed E-state index contributed by atoms with van der Waals surface area (Å²) in [6.45, 7) is 2.84. The maximum Gasteiger partial charge on any atom is 0.0553 e. The van der Waals surface area contributed by atoms with Gasteiger partial charge in [-0.2, -0.15) is 0 Å². The third kappa shape index (κ3) is 2.81. The first-order chi connectivity index (χ1) is 9.85. The van der Waals surface area contributed by atoms with E-state index in [9.17, 15) is 0 Å². The van der Waals surface area contributed by atoms with E-state index in [0.717, 1.165) is 6.42 Å². The third-order valence-corrected chi connectivity index (χ3v) is 6.46. The van der Waals surface area contributed by atoms with Crippen molar-refractivity contribution in [1.29, 1.82) is 0 Å². The van der Waals surface area contributed by atoms with Crippen molar-refractivity contribution in [3.05, 3.63) is 21.9 Å². The second-order valence-electron chi connectivity index (χ2n) is 6.38. The first-order valence-corrected chi connectivity index (χ1v) is 9.12. The van der Waals surface area contributed by atoms with Gasteiger partial charge in [0, 0.05) is 22.8 Å². The molecule has 2 aliphatic rings. The zero-order valence-electron chi connectivity index (χ0n) is 12.4. The summed E-state index contributed by atoms with van der Waals surface area (Å²) in [6, 6.07) is 4.60. The number of hydrogen-bond donors (Lipinski definition) is 1. The van der Waals surface area contributed by atoms with Gasteiger partial charge in [-0.3, -0.25) is 4.90 Å². The van der Waals surface area contributed by atoms with E-state index in [1.165, 1.54) is 69.3 Å².